The summed E-state index contributed by atoms with van der Waals surface area (Å²) in [5.74, 6) is 0. The first kappa shape index (κ1) is 12.9. The van der Waals surface area contributed by atoms with E-state index in [9.17, 15) is 0 Å². The molecular weight excluding hydrogens is 200 g/mol. The first-order valence-corrected chi connectivity index (χ1v) is 5.82. The number of benzene rings is 1. The van der Waals surface area contributed by atoms with E-state index in [0.717, 1.165) is 18.4 Å². The predicted molar refractivity (Wildman–Crippen MR) is 67.2 cm³/mol. The molecule has 88 valence electrons. The molecule has 0 fully saturated rings. The second-order valence-electron chi connectivity index (χ2n) is 3.72. The Balaban J connectivity index is 2.40. The summed E-state index contributed by atoms with van der Waals surface area (Å²) < 4.78 is 5.52. The number of aliphatic hydroxyl groups is 1. The Hall–Kier alpha value is -1.12. The molecule has 0 saturated carbocycles. The molecule has 0 heterocycles. The topological polar surface area (TPSA) is 29.5 Å². The lowest BCUT2D eigenvalue weighted by Crippen LogP contribution is -2.15. The van der Waals surface area contributed by atoms with Gasteiger partial charge in [-0.05, 0) is 12.0 Å². The van der Waals surface area contributed by atoms with Gasteiger partial charge in [-0.3, -0.25) is 0 Å². The summed E-state index contributed by atoms with van der Waals surface area (Å²) in [4.78, 5) is 0. The minimum Gasteiger partial charge on any atom is -0.393 e. The van der Waals surface area contributed by atoms with Crippen LogP contribution in [0.3, 0.4) is 0 Å². The second-order valence-corrected chi connectivity index (χ2v) is 3.72. The number of ether oxygens (including phenoxy) is 1. The Kier molecular flexibility index (Phi) is 6.54. The van der Waals surface area contributed by atoms with E-state index in [2.05, 4.69) is 6.92 Å². The molecule has 16 heavy (non-hydrogen) atoms. The van der Waals surface area contributed by atoms with Gasteiger partial charge in [0.05, 0.1) is 12.7 Å². The van der Waals surface area contributed by atoms with E-state index >= 15 is 0 Å². The molecule has 0 aliphatic heterocycles. The summed E-state index contributed by atoms with van der Waals surface area (Å²) >= 11 is 0. The van der Waals surface area contributed by atoms with Crippen LogP contribution in [0.2, 0.25) is 0 Å². The fraction of sp³-hybridized carbons (Fsp3) is 0.429. The Morgan fingerprint density at radius 1 is 1.31 bits per heavy atom. The third kappa shape index (κ3) is 5.10. The molecule has 1 atom stereocenters. The molecular formula is C14H20O2. The largest absolute Gasteiger partial charge is 0.393 e. The monoisotopic (exact) mass is 220 g/mol. The number of hydrogen-bond donors (Lipinski definition) is 1. The van der Waals surface area contributed by atoms with Crippen LogP contribution in [0.25, 0.3) is 6.08 Å². The van der Waals surface area contributed by atoms with Crippen molar-refractivity contribution >= 4 is 6.08 Å². The van der Waals surface area contributed by atoms with E-state index in [0.29, 0.717) is 6.61 Å². The zero-order chi connectivity index (χ0) is 11.6. The number of aliphatic hydroxyl groups excluding tert-OH is 1. The average Bonchev–Trinajstić information content (AvgIpc) is 2.35. The van der Waals surface area contributed by atoms with Crippen LogP contribution < -0.4 is 0 Å². The lowest BCUT2D eigenvalue weighted by atomic mass is 10.2. The molecule has 0 saturated heterocycles. The fourth-order valence-electron chi connectivity index (χ4n) is 1.33. The van der Waals surface area contributed by atoms with Crippen LogP contribution in [0.15, 0.2) is 36.4 Å². The lowest BCUT2D eigenvalue weighted by molar-refractivity contribution is 0.0418. The molecule has 2 heteroatoms. The quantitative estimate of drug-likeness (QED) is 0.716. The molecule has 1 aromatic rings. The van der Waals surface area contributed by atoms with Crippen molar-refractivity contribution in [2.45, 2.75) is 25.9 Å². The van der Waals surface area contributed by atoms with Gasteiger partial charge in [0, 0.05) is 6.61 Å². The van der Waals surface area contributed by atoms with Gasteiger partial charge in [0.1, 0.15) is 0 Å². The van der Waals surface area contributed by atoms with E-state index in [4.69, 9.17) is 9.84 Å². The van der Waals surface area contributed by atoms with Crippen molar-refractivity contribution in [1.29, 1.82) is 0 Å². The van der Waals surface area contributed by atoms with Crippen LogP contribution in [-0.2, 0) is 4.74 Å². The molecule has 1 rings (SSSR count). The third-order valence-electron chi connectivity index (χ3n) is 2.31. The Morgan fingerprint density at radius 3 is 2.69 bits per heavy atom. The maximum Gasteiger partial charge on any atom is 0.0989 e. The maximum atomic E-state index is 9.13. The van der Waals surface area contributed by atoms with Gasteiger partial charge in [0.15, 0.2) is 0 Å². The minimum absolute atomic E-state index is 0.0348. The second kappa shape index (κ2) is 8.08. The van der Waals surface area contributed by atoms with Gasteiger partial charge in [-0.25, -0.2) is 0 Å². The normalized spacial score (nSPS) is 13.1. The van der Waals surface area contributed by atoms with E-state index < -0.39 is 0 Å². The third-order valence-corrected chi connectivity index (χ3v) is 2.31. The van der Waals surface area contributed by atoms with Gasteiger partial charge in [0.25, 0.3) is 0 Å². The fourth-order valence-corrected chi connectivity index (χ4v) is 1.33. The van der Waals surface area contributed by atoms with Crippen LogP contribution in [0.1, 0.15) is 25.3 Å². The van der Waals surface area contributed by atoms with E-state index in [1.54, 1.807) is 0 Å². The van der Waals surface area contributed by atoms with Gasteiger partial charge in [0.2, 0.25) is 0 Å². The first-order valence-electron chi connectivity index (χ1n) is 5.82. The standard InChI is InChI=1S/C14H20O2/c1-2-3-11-16-14(12-15)10-9-13-7-5-4-6-8-13/h4-10,14-15H,2-3,11-12H2,1H3. The highest BCUT2D eigenvalue weighted by atomic mass is 16.5. The van der Waals surface area contributed by atoms with Crippen LogP contribution in [-0.4, -0.2) is 24.4 Å². The van der Waals surface area contributed by atoms with Gasteiger partial charge in [-0.2, -0.15) is 0 Å². The van der Waals surface area contributed by atoms with Crippen molar-refractivity contribution in [3.63, 3.8) is 0 Å². The van der Waals surface area contributed by atoms with Crippen LogP contribution in [0.5, 0.6) is 0 Å². The number of rotatable bonds is 7. The smallest absolute Gasteiger partial charge is 0.0989 e. The molecule has 0 bridgehead atoms. The van der Waals surface area contributed by atoms with E-state index in [1.807, 2.05) is 42.5 Å². The molecule has 0 aliphatic carbocycles. The molecule has 2 nitrogen and oxygen atoms in total. The van der Waals surface area contributed by atoms with E-state index in [-0.39, 0.29) is 12.7 Å². The van der Waals surface area contributed by atoms with Gasteiger partial charge < -0.3 is 9.84 Å². The SMILES string of the molecule is CCCCOC(C=Cc1ccccc1)CO. The molecule has 0 spiro atoms. The van der Waals surface area contributed by atoms with Gasteiger partial charge >= 0.3 is 0 Å². The summed E-state index contributed by atoms with van der Waals surface area (Å²) in [5, 5.41) is 9.13. The summed E-state index contributed by atoms with van der Waals surface area (Å²) in [7, 11) is 0. The molecule has 0 aliphatic rings. The minimum atomic E-state index is -0.188. The average molecular weight is 220 g/mol. The van der Waals surface area contributed by atoms with Crippen molar-refractivity contribution in [2.75, 3.05) is 13.2 Å². The molecule has 0 radical (unpaired) electrons. The molecule has 0 amide bonds. The summed E-state index contributed by atoms with van der Waals surface area (Å²) in [5.41, 5.74) is 1.13. The van der Waals surface area contributed by atoms with Crippen LogP contribution >= 0.6 is 0 Å². The predicted octanol–water partition coefficient (Wildman–Crippen LogP) is 2.88. The van der Waals surface area contributed by atoms with Crippen molar-refractivity contribution in [3.05, 3.63) is 42.0 Å². The van der Waals surface area contributed by atoms with Crippen molar-refractivity contribution in [2.24, 2.45) is 0 Å². The zero-order valence-electron chi connectivity index (χ0n) is 9.80. The van der Waals surface area contributed by atoms with Crippen LogP contribution in [0.4, 0.5) is 0 Å². The van der Waals surface area contributed by atoms with E-state index in [1.165, 1.54) is 0 Å². The number of unbranched alkanes of at least 4 members (excludes halogenated alkanes) is 1. The highest BCUT2D eigenvalue weighted by Gasteiger charge is 2.01. The Labute approximate surface area is 97.6 Å². The molecule has 1 unspecified atom stereocenters. The van der Waals surface area contributed by atoms with Crippen molar-refractivity contribution in [1.82, 2.24) is 0 Å². The molecule has 1 N–H and O–H groups in total. The summed E-state index contributed by atoms with van der Waals surface area (Å²) in [6.45, 7) is 2.87. The zero-order valence-corrected chi connectivity index (χ0v) is 9.80. The Morgan fingerprint density at radius 2 is 2.06 bits per heavy atom. The lowest BCUT2D eigenvalue weighted by Gasteiger charge is -2.10. The first-order chi connectivity index (χ1) is 7.86. The number of hydrogen-bond acceptors (Lipinski definition) is 2. The van der Waals surface area contributed by atoms with Crippen molar-refractivity contribution in [3.8, 4) is 0 Å². The van der Waals surface area contributed by atoms with Gasteiger partial charge in [-0.1, -0.05) is 55.8 Å². The molecule has 1 aromatic carbocycles. The summed E-state index contributed by atoms with van der Waals surface area (Å²) in [6.07, 6.45) is 5.85. The maximum absolute atomic E-state index is 9.13. The summed E-state index contributed by atoms with van der Waals surface area (Å²) in [6, 6.07) is 10.0. The highest BCUT2D eigenvalue weighted by molar-refractivity contribution is 5.49. The highest BCUT2D eigenvalue weighted by Crippen LogP contribution is 2.04. The van der Waals surface area contributed by atoms with Crippen molar-refractivity contribution < 1.29 is 9.84 Å². The Bertz CT molecular complexity index is 293. The van der Waals surface area contributed by atoms with Gasteiger partial charge in [-0.15, -0.1) is 0 Å². The molecule has 0 aromatic heterocycles. The van der Waals surface area contributed by atoms with Crippen LogP contribution in [0, 0.1) is 0 Å².